The van der Waals surface area contributed by atoms with E-state index in [1.165, 1.54) is 12.1 Å². The minimum Gasteiger partial charge on any atom is -0.478 e. The quantitative estimate of drug-likeness (QED) is 0.755. The second-order valence-corrected chi connectivity index (χ2v) is 2.69. The number of hydrogen-bond acceptors (Lipinski definition) is 2. The first-order chi connectivity index (χ1) is 6.15. The maximum Gasteiger partial charge on any atom is 0.335 e. The first kappa shape index (κ1) is 12.7. The van der Waals surface area contributed by atoms with Crippen molar-refractivity contribution in [2.24, 2.45) is 5.73 Å². The Kier molecular flexibility index (Phi) is 4.91. The fourth-order valence-electron chi connectivity index (χ4n) is 0.984. The summed E-state index contributed by atoms with van der Waals surface area (Å²) >= 11 is 0. The number of halogens is 1. The van der Waals surface area contributed by atoms with Crippen molar-refractivity contribution in [3.8, 4) is 0 Å². The molecule has 0 aliphatic heterocycles. The van der Waals surface area contributed by atoms with Gasteiger partial charge in [-0.1, -0.05) is 18.2 Å². The zero-order chi connectivity index (χ0) is 9.84. The van der Waals surface area contributed by atoms with Gasteiger partial charge >= 0.3 is 5.97 Å². The predicted molar refractivity (Wildman–Crippen MR) is 57.8 cm³/mol. The van der Waals surface area contributed by atoms with Crippen LogP contribution in [0.1, 0.15) is 22.0 Å². The Balaban J connectivity index is 0.00000169. The van der Waals surface area contributed by atoms with Crippen LogP contribution < -0.4 is 5.73 Å². The predicted octanol–water partition coefficient (Wildman–Crippen LogP) is 1.99. The van der Waals surface area contributed by atoms with E-state index in [1.807, 2.05) is 0 Å². The van der Waals surface area contributed by atoms with Crippen LogP contribution in [0.2, 0.25) is 0 Å². The maximum atomic E-state index is 10.5. The average Bonchev–Trinajstić information content (AvgIpc) is 2.17. The van der Waals surface area contributed by atoms with E-state index >= 15 is 0 Å². The van der Waals surface area contributed by atoms with Gasteiger partial charge in [0.05, 0.1) is 5.56 Å². The summed E-state index contributed by atoms with van der Waals surface area (Å²) in [4.78, 5) is 10.5. The molecule has 3 N–H and O–H groups in total. The minimum atomic E-state index is -0.932. The van der Waals surface area contributed by atoms with Gasteiger partial charge in [-0.15, -0.1) is 19.0 Å². The summed E-state index contributed by atoms with van der Waals surface area (Å²) in [6.07, 6.45) is 1.61. The van der Waals surface area contributed by atoms with Crippen molar-refractivity contribution < 1.29 is 9.90 Å². The van der Waals surface area contributed by atoms with Crippen molar-refractivity contribution in [3.05, 3.63) is 48.0 Å². The van der Waals surface area contributed by atoms with Crippen molar-refractivity contribution in [1.82, 2.24) is 0 Å². The molecule has 0 aromatic heterocycles. The topological polar surface area (TPSA) is 63.3 Å². The zero-order valence-electron chi connectivity index (χ0n) is 7.51. The van der Waals surface area contributed by atoms with E-state index in [2.05, 4.69) is 6.58 Å². The molecule has 4 heteroatoms. The van der Waals surface area contributed by atoms with E-state index in [-0.39, 0.29) is 24.0 Å². The Labute approximate surface area is 88.7 Å². The molecule has 76 valence electrons. The molecule has 14 heavy (non-hydrogen) atoms. The number of carboxylic acid groups (broad SMARTS) is 1. The second-order valence-electron chi connectivity index (χ2n) is 2.69. The number of aromatic carboxylic acids is 1. The van der Waals surface area contributed by atoms with Crippen molar-refractivity contribution in [2.45, 2.75) is 6.04 Å². The molecule has 3 nitrogen and oxygen atoms in total. The highest BCUT2D eigenvalue weighted by molar-refractivity contribution is 5.87. The van der Waals surface area contributed by atoms with E-state index in [9.17, 15) is 4.79 Å². The van der Waals surface area contributed by atoms with Crippen molar-refractivity contribution in [3.63, 3.8) is 0 Å². The number of carboxylic acids is 1. The molecule has 0 fully saturated rings. The Hall–Kier alpha value is -1.32. The Morgan fingerprint density at radius 3 is 2.29 bits per heavy atom. The highest BCUT2D eigenvalue weighted by atomic mass is 35.5. The molecular formula is C10H12ClNO2. The molecule has 0 spiro atoms. The monoisotopic (exact) mass is 213 g/mol. The van der Waals surface area contributed by atoms with Gasteiger partial charge in [0.15, 0.2) is 0 Å². The van der Waals surface area contributed by atoms with E-state index in [4.69, 9.17) is 10.8 Å². The van der Waals surface area contributed by atoms with Crippen LogP contribution in [0.3, 0.4) is 0 Å². The standard InChI is InChI=1S/C10H11NO2.ClH/c1-2-9(11)7-3-5-8(6-4-7)10(12)13;/h2-6,9H,1,11H2,(H,12,13);1H/t9-;/m0./s1. The molecule has 1 aromatic rings. The van der Waals surface area contributed by atoms with Gasteiger partial charge in [-0.25, -0.2) is 4.79 Å². The Morgan fingerprint density at radius 1 is 1.43 bits per heavy atom. The zero-order valence-corrected chi connectivity index (χ0v) is 8.33. The SMILES string of the molecule is C=C[C@H](N)c1ccc(C(=O)O)cc1.Cl. The maximum absolute atomic E-state index is 10.5. The largest absolute Gasteiger partial charge is 0.478 e. The van der Waals surface area contributed by atoms with Gasteiger partial charge in [0.2, 0.25) is 0 Å². The second kappa shape index (κ2) is 5.42. The highest BCUT2D eigenvalue weighted by Crippen LogP contribution is 2.11. The molecule has 0 aliphatic carbocycles. The first-order valence-corrected chi connectivity index (χ1v) is 3.86. The summed E-state index contributed by atoms with van der Waals surface area (Å²) in [6, 6.07) is 6.20. The molecule has 1 rings (SSSR count). The smallest absolute Gasteiger partial charge is 0.335 e. The molecule has 1 atom stereocenters. The molecule has 0 bridgehead atoms. The highest BCUT2D eigenvalue weighted by Gasteiger charge is 2.04. The van der Waals surface area contributed by atoms with Crippen LogP contribution in [-0.2, 0) is 0 Å². The summed E-state index contributed by atoms with van der Waals surface area (Å²) in [7, 11) is 0. The van der Waals surface area contributed by atoms with Gasteiger partial charge in [0, 0.05) is 6.04 Å². The first-order valence-electron chi connectivity index (χ1n) is 3.86. The van der Waals surface area contributed by atoms with Crippen LogP contribution in [-0.4, -0.2) is 11.1 Å². The molecule has 0 amide bonds. The number of rotatable bonds is 3. The lowest BCUT2D eigenvalue weighted by atomic mass is 10.1. The van der Waals surface area contributed by atoms with Crippen LogP contribution in [0.25, 0.3) is 0 Å². The molecule has 0 aliphatic rings. The molecule has 0 saturated heterocycles. The lowest BCUT2D eigenvalue weighted by molar-refractivity contribution is 0.0697. The fraction of sp³-hybridized carbons (Fsp3) is 0.100. The van der Waals surface area contributed by atoms with E-state index < -0.39 is 5.97 Å². The Bertz CT molecular complexity index is 321. The van der Waals surface area contributed by atoms with Gasteiger partial charge < -0.3 is 10.8 Å². The summed E-state index contributed by atoms with van der Waals surface area (Å²) in [5.74, 6) is -0.932. The van der Waals surface area contributed by atoms with E-state index in [0.29, 0.717) is 0 Å². The molecule has 0 unspecified atom stereocenters. The van der Waals surface area contributed by atoms with Crippen molar-refractivity contribution in [2.75, 3.05) is 0 Å². The summed E-state index contributed by atoms with van der Waals surface area (Å²) < 4.78 is 0. The third kappa shape index (κ3) is 2.87. The van der Waals surface area contributed by atoms with Gasteiger partial charge in [-0.05, 0) is 17.7 Å². The lowest BCUT2D eigenvalue weighted by Crippen LogP contribution is -2.06. The minimum absolute atomic E-state index is 0. The fourth-order valence-corrected chi connectivity index (χ4v) is 0.984. The normalized spacial score (nSPS) is 11.2. The van der Waals surface area contributed by atoms with Crippen LogP contribution in [0.15, 0.2) is 36.9 Å². The number of carbonyl (C=O) groups is 1. The molecule has 0 saturated carbocycles. The molecule has 0 radical (unpaired) electrons. The molecule has 1 aromatic carbocycles. The van der Waals surface area contributed by atoms with Gasteiger partial charge in [0.25, 0.3) is 0 Å². The summed E-state index contributed by atoms with van der Waals surface area (Å²) in [6.45, 7) is 3.55. The summed E-state index contributed by atoms with van der Waals surface area (Å²) in [5, 5.41) is 8.62. The van der Waals surface area contributed by atoms with Gasteiger partial charge in [-0.2, -0.15) is 0 Å². The summed E-state index contributed by atoms with van der Waals surface area (Å²) in [5.41, 5.74) is 6.78. The van der Waals surface area contributed by atoms with E-state index in [0.717, 1.165) is 5.56 Å². The Morgan fingerprint density at radius 2 is 1.93 bits per heavy atom. The number of hydrogen-bond donors (Lipinski definition) is 2. The third-order valence-corrected chi connectivity index (χ3v) is 1.80. The van der Waals surface area contributed by atoms with Crippen LogP contribution in [0.4, 0.5) is 0 Å². The van der Waals surface area contributed by atoms with Gasteiger partial charge in [-0.3, -0.25) is 0 Å². The molecule has 0 heterocycles. The number of benzene rings is 1. The van der Waals surface area contributed by atoms with Gasteiger partial charge in [0.1, 0.15) is 0 Å². The third-order valence-electron chi connectivity index (χ3n) is 1.80. The van der Waals surface area contributed by atoms with Crippen LogP contribution >= 0.6 is 12.4 Å². The van der Waals surface area contributed by atoms with Crippen molar-refractivity contribution in [1.29, 1.82) is 0 Å². The molecular weight excluding hydrogens is 202 g/mol. The number of nitrogens with two attached hydrogens (primary N) is 1. The van der Waals surface area contributed by atoms with Crippen LogP contribution in [0.5, 0.6) is 0 Å². The van der Waals surface area contributed by atoms with E-state index in [1.54, 1.807) is 18.2 Å². The van der Waals surface area contributed by atoms with Crippen LogP contribution in [0, 0.1) is 0 Å². The lowest BCUT2D eigenvalue weighted by Gasteiger charge is -2.05. The van der Waals surface area contributed by atoms with Crippen molar-refractivity contribution >= 4 is 18.4 Å². The average molecular weight is 214 g/mol.